The van der Waals surface area contributed by atoms with Crippen molar-refractivity contribution in [2.45, 2.75) is 18.9 Å². The van der Waals surface area contributed by atoms with Crippen LogP contribution in [0.4, 0.5) is 23.0 Å². The van der Waals surface area contributed by atoms with E-state index in [4.69, 9.17) is 9.72 Å². The Morgan fingerprint density at radius 3 is 2.77 bits per heavy atom. The highest BCUT2D eigenvalue weighted by Gasteiger charge is 2.23. The molecule has 8 heteroatoms. The lowest BCUT2D eigenvalue weighted by molar-refractivity contribution is 0.0965. The van der Waals surface area contributed by atoms with Crippen molar-refractivity contribution in [3.63, 3.8) is 0 Å². The first-order valence-electron chi connectivity index (χ1n) is 10.9. The van der Waals surface area contributed by atoms with Crippen LogP contribution in [0, 0.1) is 0 Å². The number of benzene rings is 1. The Kier molecular flexibility index (Phi) is 5.73. The zero-order valence-electron chi connectivity index (χ0n) is 17.4. The van der Waals surface area contributed by atoms with Gasteiger partial charge in [0.1, 0.15) is 11.6 Å². The molecule has 1 aromatic heterocycles. The van der Waals surface area contributed by atoms with Crippen molar-refractivity contribution in [1.82, 2.24) is 15.6 Å². The smallest absolute Gasteiger partial charge is 0.281 e. The molecular formula is C23H27N6O2. The molecule has 0 spiro atoms. The minimum absolute atomic E-state index is 0.275. The number of ether oxygens (including phenoxy) is 1. The molecule has 3 aliphatic rings. The fourth-order valence-corrected chi connectivity index (χ4v) is 4.23. The molecule has 5 rings (SSSR count). The van der Waals surface area contributed by atoms with Crippen LogP contribution < -0.4 is 26.2 Å². The largest absolute Gasteiger partial charge is 0.378 e. The second-order valence-electron chi connectivity index (χ2n) is 8.03. The molecule has 2 aromatic rings. The summed E-state index contributed by atoms with van der Waals surface area (Å²) in [4.78, 5) is 19.6. The van der Waals surface area contributed by atoms with Crippen molar-refractivity contribution < 1.29 is 9.53 Å². The molecule has 1 amide bonds. The number of rotatable bonds is 5. The zero-order valence-corrected chi connectivity index (χ0v) is 17.4. The average Bonchev–Trinajstić information content (AvgIpc) is 2.81. The Morgan fingerprint density at radius 1 is 1.16 bits per heavy atom. The molecule has 1 aromatic carbocycles. The Hall–Kier alpha value is -3.10. The Labute approximate surface area is 182 Å². The third-order valence-corrected chi connectivity index (χ3v) is 5.86. The second-order valence-corrected chi connectivity index (χ2v) is 8.03. The van der Waals surface area contributed by atoms with Gasteiger partial charge in [-0.2, -0.15) is 0 Å². The Bertz CT molecular complexity index is 963. The van der Waals surface area contributed by atoms with Crippen LogP contribution in [-0.2, 0) is 4.74 Å². The predicted molar refractivity (Wildman–Crippen MR) is 122 cm³/mol. The lowest BCUT2D eigenvalue weighted by Gasteiger charge is -2.29. The average molecular weight is 420 g/mol. The summed E-state index contributed by atoms with van der Waals surface area (Å²) in [7, 11) is 0. The number of anilines is 4. The van der Waals surface area contributed by atoms with Crippen molar-refractivity contribution in [3.05, 3.63) is 47.7 Å². The van der Waals surface area contributed by atoms with E-state index < -0.39 is 0 Å². The number of nitrogens with zero attached hydrogens (tertiary/aromatic N) is 3. The maximum absolute atomic E-state index is 12.5. The third-order valence-electron chi connectivity index (χ3n) is 5.86. The molecule has 2 fully saturated rings. The molecule has 1 radical (unpaired) electrons. The van der Waals surface area contributed by atoms with Gasteiger partial charge in [0.25, 0.3) is 5.91 Å². The predicted octanol–water partition coefficient (Wildman–Crippen LogP) is 2.55. The fraction of sp³-hybridized carbons (Fsp3) is 0.391. The third kappa shape index (κ3) is 4.50. The van der Waals surface area contributed by atoms with Crippen molar-refractivity contribution in [3.8, 4) is 0 Å². The summed E-state index contributed by atoms with van der Waals surface area (Å²) in [6.07, 6.45) is 5.65. The van der Waals surface area contributed by atoms with Crippen LogP contribution in [0.5, 0.6) is 0 Å². The summed E-state index contributed by atoms with van der Waals surface area (Å²) >= 11 is 0. The molecule has 3 N–H and O–H groups in total. The molecule has 1 atom stereocenters. The molecule has 0 saturated carbocycles. The number of amides is 1. The molecule has 0 aliphatic carbocycles. The summed E-state index contributed by atoms with van der Waals surface area (Å²) in [6.45, 7) is 5.27. The van der Waals surface area contributed by atoms with Crippen LogP contribution in [0.25, 0.3) is 6.08 Å². The summed E-state index contributed by atoms with van der Waals surface area (Å²) in [5.41, 5.74) is 3.38. The highest BCUT2D eigenvalue weighted by atomic mass is 16.5. The topological polar surface area (TPSA) is 92.6 Å². The van der Waals surface area contributed by atoms with Gasteiger partial charge in [0.15, 0.2) is 0 Å². The van der Waals surface area contributed by atoms with Gasteiger partial charge in [0.05, 0.1) is 18.8 Å². The van der Waals surface area contributed by atoms with E-state index in [0.29, 0.717) is 17.4 Å². The second kappa shape index (κ2) is 8.95. The number of piperidine rings is 1. The van der Waals surface area contributed by atoms with Gasteiger partial charge in [-0.05, 0) is 61.4 Å². The molecule has 0 unspecified atom stereocenters. The number of fused-ring (bicyclic) bond motifs is 1. The number of morpholine rings is 1. The van der Waals surface area contributed by atoms with Crippen LogP contribution in [0.1, 0.15) is 28.8 Å². The first-order valence-corrected chi connectivity index (χ1v) is 10.9. The first kappa shape index (κ1) is 19.8. The van der Waals surface area contributed by atoms with E-state index >= 15 is 0 Å². The zero-order chi connectivity index (χ0) is 21.0. The van der Waals surface area contributed by atoms with E-state index in [-0.39, 0.29) is 5.91 Å². The number of pyridine rings is 1. The summed E-state index contributed by atoms with van der Waals surface area (Å²) in [6, 6.07) is 10.5. The SMILES string of the molecule is O=C1[N]C=Cc2cc(N[C@H]3CCCNC3)nc(Nc3ccc(N4CCOCC4)cc3)c21. The van der Waals surface area contributed by atoms with E-state index in [0.717, 1.165) is 75.0 Å². The normalized spacial score (nSPS) is 20.7. The summed E-state index contributed by atoms with van der Waals surface area (Å²) in [5.74, 6) is 1.02. The Morgan fingerprint density at radius 2 is 2.00 bits per heavy atom. The summed E-state index contributed by atoms with van der Waals surface area (Å²) in [5, 5.41) is 14.2. The minimum Gasteiger partial charge on any atom is -0.378 e. The maximum atomic E-state index is 12.5. The number of aromatic nitrogens is 1. The number of nitrogens with one attached hydrogen (secondary N) is 3. The van der Waals surface area contributed by atoms with Gasteiger partial charge < -0.3 is 25.6 Å². The molecule has 0 bridgehead atoms. The van der Waals surface area contributed by atoms with E-state index in [1.807, 2.05) is 24.3 Å². The van der Waals surface area contributed by atoms with Crippen molar-refractivity contribution in [2.75, 3.05) is 54.9 Å². The number of carbonyl (C=O) groups is 1. The van der Waals surface area contributed by atoms with Gasteiger partial charge in [-0.1, -0.05) is 0 Å². The quantitative estimate of drug-likeness (QED) is 0.686. The monoisotopic (exact) mass is 419 g/mol. The van der Waals surface area contributed by atoms with Gasteiger partial charge >= 0.3 is 0 Å². The van der Waals surface area contributed by atoms with E-state index in [1.165, 1.54) is 0 Å². The molecular weight excluding hydrogens is 392 g/mol. The van der Waals surface area contributed by atoms with Gasteiger partial charge in [0.2, 0.25) is 0 Å². The van der Waals surface area contributed by atoms with E-state index in [9.17, 15) is 4.79 Å². The number of hydrogen-bond donors (Lipinski definition) is 3. The van der Waals surface area contributed by atoms with Crippen LogP contribution in [0.3, 0.4) is 0 Å². The van der Waals surface area contributed by atoms with Crippen molar-refractivity contribution in [1.29, 1.82) is 0 Å². The fourth-order valence-electron chi connectivity index (χ4n) is 4.23. The van der Waals surface area contributed by atoms with Crippen molar-refractivity contribution >= 4 is 35.0 Å². The lowest BCUT2D eigenvalue weighted by Crippen LogP contribution is -2.38. The number of carbonyl (C=O) groups excluding carboxylic acids is 1. The van der Waals surface area contributed by atoms with E-state index in [2.05, 4.69) is 38.3 Å². The van der Waals surface area contributed by atoms with E-state index in [1.54, 1.807) is 6.20 Å². The highest BCUT2D eigenvalue weighted by Crippen LogP contribution is 2.29. The Balaban J connectivity index is 1.39. The molecule has 4 heterocycles. The lowest BCUT2D eigenvalue weighted by atomic mass is 10.0. The minimum atomic E-state index is -0.275. The van der Waals surface area contributed by atoms with Gasteiger partial charge in [-0.25, -0.2) is 10.3 Å². The standard InChI is InChI=1S/C23H27N6O2/c30-23-21-16(7-9-25-23)14-20(26-18-2-1-8-24-15-18)28-22(21)27-17-3-5-19(6-4-17)29-10-12-31-13-11-29/h3-7,9,14,18,24H,1-2,8,10-13,15H2,(H2,26,27,28)/t18-/m0/s1. The van der Waals surface area contributed by atoms with Crippen LogP contribution in [0.15, 0.2) is 36.5 Å². The number of hydrogen-bond acceptors (Lipinski definition) is 7. The van der Waals surface area contributed by atoms with Gasteiger partial charge in [0, 0.05) is 43.3 Å². The highest BCUT2D eigenvalue weighted by molar-refractivity contribution is 6.05. The maximum Gasteiger partial charge on any atom is 0.281 e. The molecule has 2 saturated heterocycles. The van der Waals surface area contributed by atoms with Gasteiger partial charge in [-0.15, -0.1) is 0 Å². The first-order chi connectivity index (χ1) is 15.3. The molecule has 161 valence electrons. The van der Waals surface area contributed by atoms with Gasteiger partial charge in [-0.3, -0.25) is 4.79 Å². The molecule has 3 aliphatic heterocycles. The molecule has 8 nitrogen and oxygen atoms in total. The van der Waals surface area contributed by atoms with Crippen LogP contribution in [0.2, 0.25) is 0 Å². The summed E-state index contributed by atoms with van der Waals surface area (Å²) < 4.78 is 5.43. The molecule has 31 heavy (non-hydrogen) atoms. The van der Waals surface area contributed by atoms with Crippen molar-refractivity contribution in [2.24, 2.45) is 0 Å². The van der Waals surface area contributed by atoms with Crippen LogP contribution >= 0.6 is 0 Å². The van der Waals surface area contributed by atoms with Crippen LogP contribution in [-0.4, -0.2) is 56.3 Å².